The van der Waals surface area contributed by atoms with Crippen molar-refractivity contribution in [2.45, 2.75) is 12.8 Å². The second kappa shape index (κ2) is 6.82. The summed E-state index contributed by atoms with van der Waals surface area (Å²) in [7, 11) is 0. The summed E-state index contributed by atoms with van der Waals surface area (Å²) in [5.74, 6) is -1.54. The molecule has 0 radical (unpaired) electrons. The molecule has 1 aromatic carbocycles. The van der Waals surface area contributed by atoms with Crippen LogP contribution in [-0.4, -0.2) is 21.3 Å². The van der Waals surface area contributed by atoms with E-state index in [2.05, 4.69) is 0 Å². The zero-order chi connectivity index (χ0) is 16.3. The quantitative estimate of drug-likeness (QED) is 0.687. The van der Waals surface area contributed by atoms with Gasteiger partial charge in [0.25, 0.3) is 0 Å². The third-order valence-corrected chi connectivity index (χ3v) is 4.86. The number of benzene rings is 1. The maximum absolute atomic E-state index is 12.9. The Balaban J connectivity index is 2.31. The summed E-state index contributed by atoms with van der Waals surface area (Å²) in [5.41, 5.74) is -0.788. The van der Waals surface area contributed by atoms with Gasteiger partial charge >= 0.3 is 12.1 Å². The van der Waals surface area contributed by atoms with Crippen molar-refractivity contribution in [1.29, 1.82) is 0 Å². The maximum Gasteiger partial charge on any atom is 0.420 e. The minimum absolute atomic E-state index is 0.0992. The van der Waals surface area contributed by atoms with Crippen LogP contribution in [0.15, 0.2) is 39.7 Å². The molecule has 0 saturated carbocycles. The SMILES string of the molecule is O=C(O)c1cccc(Cl)c1COC1=C(C(F)(F)F)C=IC=C1. The summed E-state index contributed by atoms with van der Waals surface area (Å²) in [6, 6.07) is 4.23. The van der Waals surface area contributed by atoms with E-state index in [1.807, 2.05) is 0 Å². The Morgan fingerprint density at radius 3 is 2.73 bits per heavy atom. The zero-order valence-corrected chi connectivity index (χ0v) is 13.7. The fraction of sp³-hybridized carbons (Fsp3) is 0.143. The van der Waals surface area contributed by atoms with Crippen molar-refractivity contribution in [3.05, 3.63) is 55.8 Å². The van der Waals surface area contributed by atoms with Gasteiger partial charge in [-0.3, -0.25) is 0 Å². The number of hydrogen-bond acceptors (Lipinski definition) is 2. The Kier molecular flexibility index (Phi) is 5.28. The Morgan fingerprint density at radius 1 is 1.36 bits per heavy atom. The first-order chi connectivity index (χ1) is 10.3. The summed E-state index contributed by atoms with van der Waals surface area (Å²) in [6.45, 7) is -0.354. The van der Waals surface area contributed by atoms with Crippen LogP contribution in [0.2, 0.25) is 5.02 Å². The lowest BCUT2D eigenvalue weighted by atomic mass is 10.1. The average Bonchev–Trinajstić information content (AvgIpc) is 2.45. The first kappa shape index (κ1) is 17.0. The molecular formula is C14H9ClF3IO3. The van der Waals surface area contributed by atoms with Gasteiger partial charge in [-0.05, 0) is 26.3 Å². The summed E-state index contributed by atoms with van der Waals surface area (Å²) >= 11 is 5.12. The molecule has 0 aliphatic carbocycles. The van der Waals surface area contributed by atoms with Gasteiger partial charge < -0.3 is 9.84 Å². The van der Waals surface area contributed by atoms with E-state index in [0.717, 1.165) is 4.01 Å². The van der Waals surface area contributed by atoms with E-state index in [-0.39, 0.29) is 28.5 Å². The number of carboxylic acid groups (broad SMARTS) is 1. The molecule has 118 valence electrons. The molecule has 0 bridgehead atoms. The van der Waals surface area contributed by atoms with Crippen molar-refractivity contribution >= 4 is 42.3 Å². The van der Waals surface area contributed by atoms with Crippen LogP contribution in [0.3, 0.4) is 0 Å². The lowest BCUT2D eigenvalue weighted by Gasteiger charge is -2.16. The number of carbonyl (C=O) groups is 1. The summed E-state index contributed by atoms with van der Waals surface area (Å²) < 4.78 is 46.6. The largest absolute Gasteiger partial charge is 0.488 e. The van der Waals surface area contributed by atoms with Gasteiger partial charge in [0, 0.05) is 10.6 Å². The van der Waals surface area contributed by atoms with Crippen molar-refractivity contribution in [2.24, 2.45) is 0 Å². The molecule has 2 rings (SSSR count). The number of allylic oxidation sites excluding steroid dienone is 2. The Hall–Kier alpha value is -1.35. The smallest absolute Gasteiger partial charge is 0.420 e. The van der Waals surface area contributed by atoms with Crippen LogP contribution in [0, 0.1) is 0 Å². The highest BCUT2D eigenvalue weighted by Gasteiger charge is 2.36. The number of aromatic carboxylic acids is 1. The fourth-order valence-electron chi connectivity index (χ4n) is 1.72. The first-order valence-corrected chi connectivity index (χ1v) is 8.74. The van der Waals surface area contributed by atoms with E-state index in [4.69, 9.17) is 21.4 Å². The van der Waals surface area contributed by atoms with Crippen molar-refractivity contribution < 1.29 is 27.8 Å². The van der Waals surface area contributed by atoms with Crippen LogP contribution in [-0.2, 0) is 11.3 Å². The molecule has 0 amide bonds. The number of rotatable bonds is 4. The van der Waals surface area contributed by atoms with Crippen molar-refractivity contribution in [3.63, 3.8) is 0 Å². The van der Waals surface area contributed by atoms with E-state index in [0.29, 0.717) is 0 Å². The Bertz CT molecular complexity index is 693. The van der Waals surface area contributed by atoms with Crippen LogP contribution < -0.4 is 0 Å². The van der Waals surface area contributed by atoms with Gasteiger partial charge in [-0.1, -0.05) is 38.4 Å². The molecule has 1 N–H and O–H groups in total. The van der Waals surface area contributed by atoms with Crippen molar-refractivity contribution in [2.75, 3.05) is 0 Å². The van der Waals surface area contributed by atoms with Crippen LogP contribution in [0.25, 0.3) is 0 Å². The van der Waals surface area contributed by atoms with Gasteiger partial charge in [-0.2, -0.15) is 13.2 Å². The highest BCUT2D eigenvalue weighted by atomic mass is 127. The molecule has 1 aromatic rings. The van der Waals surface area contributed by atoms with Crippen LogP contribution in [0.4, 0.5) is 13.2 Å². The van der Waals surface area contributed by atoms with Crippen LogP contribution in [0.5, 0.6) is 0 Å². The number of halogens is 5. The summed E-state index contributed by atoms with van der Waals surface area (Å²) in [6.07, 6.45) is -3.23. The molecule has 0 saturated heterocycles. The lowest BCUT2D eigenvalue weighted by Crippen LogP contribution is -2.17. The number of hydrogen-bond donors (Lipinski definition) is 1. The third-order valence-electron chi connectivity index (χ3n) is 2.75. The molecule has 0 aromatic heterocycles. The summed E-state index contributed by atoms with van der Waals surface area (Å²) in [4.78, 5) is 11.1. The third kappa shape index (κ3) is 3.89. The average molecular weight is 445 g/mol. The molecule has 1 aliphatic heterocycles. The second-order valence-corrected chi connectivity index (χ2v) is 6.63. The highest BCUT2D eigenvalue weighted by Crippen LogP contribution is 2.33. The lowest BCUT2D eigenvalue weighted by molar-refractivity contribution is -0.0885. The Labute approximate surface area is 138 Å². The number of alkyl halides is 3. The second-order valence-electron chi connectivity index (χ2n) is 4.16. The minimum atomic E-state index is -4.50. The predicted molar refractivity (Wildman–Crippen MR) is 85.5 cm³/mol. The minimum Gasteiger partial charge on any atom is -0.488 e. The van der Waals surface area contributed by atoms with Crippen LogP contribution in [0.1, 0.15) is 15.9 Å². The highest BCUT2D eigenvalue weighted by molar-refractivity contribution is 14.2. The molecule has 0 spiro atoms. The number of carboxylic acids is 1. The van der Waals surface area contributed by atoms with E-state index < -0.39 is 38.4 Å². The van der Waals surface area contributed by atoms with E-state index in [1.165, 1.54) is 24.3 Å². The van der Waals surface area contributed by atoms with Gasteiger partial charge in [0.05, 0.1) is 5.56 Å². The summed E-state index contributed by atoms with van der Waals surface area (Å²) in [5, 5.41) is 9.22. The van der Waals surface area contributed by atoms with Gasteiger partial charge in [-0.15, -0.1) is 0 Å². The molecule has 0 atom stereocenters. The molecule has 3 nitrogen and oxygen atoms in total. The molecule has 1 heterocycles. The van der Waals surface area contributed by atoms with Crippen LogP contribution >= 0.6 is 32.3 Å². The normalized spacial score (nSPS) is 14.7. The Morgan fingerprint density at radius 2 is 2.09 bits per heavy atom. The van der Waals surface area contributed by atoms with E-state index in [9.17, 15) is 18.0 Å². The maximum atomic E-state index is 12.9. The van der Waals surface area contributed by atoms with E-state index in [1.54, 1.807) is 4.08 Å². The topological polar surface area (TPSA) is 46.5 Å². The standard InChI is InChI=1S/C14H9ClF3IO3/c15-11-3-1-2-8(13(20)21)9(11)7-22-12-4-5-19-6-10(12)14(16,17)18/h1-6H,7H2,(H,20,21). The number of ether oxygens (including phenoxy) is 1. The van der Waals surface area contributed by atoms with Gasteiger partial charge in [0.2, 0.25) is 0 Å². The van der Waals surface area contributed by atoms with Crippen molar-refractivity contribution in [1.82, 2.24) is 0 Å². The van der Waals surface area contributed by atoms with Gasteiger partial charge in [0.1, 0.15) is 17.9 Å². The molecule has 22 heavy (non-hydrogen) atoms. The van der Waals surface area contributed by atoms with Gasteiger partial charge in [0.15, 0.2) is 0 Å². The molecule has 0 fully saturated rings. The molecule has 8 heteroatoms. The zero-order valence-electron chi connectivity index (χ0n) is 10.8. The van der Waals surface area contributed by atoms with Crippen molar-refractivity contribution in [3.8, 4) is 0 Å². The molecule has 1 aliphatic rings. The van der Waals surface area contributed by atoms with E-state index >= 15 is 0 Å². The molecular weight excluding hydrogens is 436 g/mol. The fourth-order valence-corrected chi connectivity index (χ4v) is 3.71. The monoisotopic (exact) mass is 444 g/mol. The molecule has 0 unspecified atom stereocenters. The first-order valence-electron chi connectivity index (χ1n) is 5.87. The van der Waals surface area contributed by atoms with Gasteiger partial charge in [-0.25, -0.2) is 4.79 Å². The predicted octanol–water partition coefficient (Wildman–Crippen LogP) is 4.67.